The predicted molar refractivity (Wildman–Crippen MR) is 157 cm³/mol. The number of fused-ring (bicyclic) bond motifs is 3. The van der Waals surface area contributed by atoms with E-state index in [0.717, 1.165) is 28.3 Å². The Morgan fingerprint density at radius 3 is 2.54 bits per heavy atom. The van der Waals surface area contributed by atoms with Gasteiger partial charge in [0.15, 0.2) is 0 Å². The maximum atomic E-state index is 14.9. The van der Waals surface area contributed by atoms with Gasteiger partial charge in [-0.05, 0) is 57.3 Å². The summed E-state index contributed by atoms with van der Waals surface area (Å²) in [6, 6.07) is 10.9. The van der Waals surface area contributed by atoms with Gasteiger partial charge in [0, 0.05) is 47.1 Å². The zero-order valence-electron chi connectivity index (χ0n) is 22.1. The van der Waals surface area contributed by atoms with Crippen molar-refractivity contribution >= 4 is 45.5 Å². The number of nitrogens with zero attached hydrogens (tertiary/aromatic N) is 5. The van der Waals surface area contributed by atoms with Crippen molar-refractivity contribution in [3.8, 4) is 22.9 Å². The van der Waals surface area contributed by atoms with E-state index in [9.17, 15) is 4.39 Å². The minimum Gasteiger partial charge on any atom is -0.424 e. The average molecular weight is 565 g/mol. The van der Waals surface area contributed by atoms with Crippen LogP contribution in [0.15, 0.2) is 55.0 Å². The highest BCUT2D eigenvalue weighted by Gasteiger charge is 2.17. The van der Waals surface area contributed by atoms with Gasteiger partial charge in [-0.3, -0.25) is 9.29 Å². The fourth-order valence-corrected chi connectivity index (χ4v) is 5.60. The average Bonchev–Trinajstić information content (AvgIpc) is 3.35. The molecule has 0 radical (unpaired) electrons. The maximum Gasteiger partial charge on any atom is 0.321 e. The van der Waals surface area contributed by atoms with Gasteiger partial charge in [0.1, 0.15) is 17.4 Å². The molecule has 0 unspecified atom stereocenters. The molecule has 0 bridgehead atoms. The molecule has 7 nitrogen and oxygen atoms in total. The van der Waals surface area contributed by atoms with Crippen LogP contribution in [0.4, 0.5) is 4.39 Å². The minimum absolute atomic E-state index is 0.204. The first-order chi connectivity index (χ1) is 18.9. The molecule has 0 aliphatic heterocycles. The second kappa shape index (κ2) is 12.3. The van der Waals surface area contributed by atoms with E-state index in [4.69, 9.17) is 16.3 Å². The molecule has 3 heterocycles. The number of imidazole rings is 1. The topological polar surface area (TPSA) is 79.8 Å². The smallest absolute Gasteiger partial charge is 0.321 e. The number of nitrogens with one attached hydrogen (secondary N) is 1. The number of pyridine rings is 1. The van der Waals surface area contributed by atoms with Gasteiger partial charge in [-0.15, -0.1) is 0 Å². The Hall–Kier alpha value is -3.27. The van der Waals surface area contributed by atoms with E-state index in [0.29, 0.717) is 27.4 Å². The van der Waals surface area contributed by atoms with E-state index in [2.05, 4.69) is 42.5 Å². The van der Waals surface area contributed by atoms with Crippen molar-refractivity contribution in [3.05, 3.63) is 71.7 Å². The first-order valence-electron chi connectivity index (χ1n) is 12.9. The van der Waals surface area contributed by atoms with E-state index in [1.165, 1.54) is 38.2 Å². The molecule has 10 heteroatoms. The van der Waals surface area contributed by atoms with Gasteiger partial charge in [-0.25, -0.2) is 19.3 Å². The lowest BCUT2D eigenvalue weighted by Gasteiger charge is -2.28. The Kier molecular flexibility index (Phi) is 8.60. The number of aromatic nitrogens is 5. The first kappa shape index (κ1) is 27.3. The van der Waals surface area contributed by atoms with Crippen molar-refractivity contribution < 1.29 is 9.13 Å². The summed E-state index contributed by atoms with van der Waals surface area (Å²) in [6.45, 7) is 1.86. The summed E-state index contributed by atoms with van der Waals surface area (Å²) >= 11 is 8.32. The zero-order chi connectivity index (χ0) is 27.4. The van der Waals surface area contributed by atoms with Crippen LogP contribution in [-0.2, 0) is 0 Å². The summed E-state index contributed by atoms with van der Waals surface area (Å²) in [5, 5.41) is 1.09. The van der Waals surface area contributed by atoms with Crippen molar-refractivity contribution in [3.63, 3.8) is 0 Å². The summed E-state index contributed by atoms with van der Waals surface area (Å²) in [6.07, 6.45) is 14.1. The molecule has 1 fully saturated rings. The van der Waals surface area contributed by atoms with Crippen molar-refractivity contribution in [2.45, 2.75) is 45.1 Å². The molecule has 0 amide bonds. The summed E-state index contributed by atoms with van der Waals surface area (Å²) < 4.78 is 22.8. The minimum atomic E-state index is -0.418. The molecule has 1 N–H and O–H groups in total. The van der Waals surface area contributed by atoms with Crippen LogP contribution < -0.4 is 4.74 Å². The highest BCUT2D eigenvalue weighted by Crippen LogP contribution is 2.36. The normalized spacial score (nSPS) is 14.0. The Labute approximate surface area is 236 Å². The number of ether oxygens (including phenoxy) is 1. The summed E-state index contributed by atoms with van der Waals surface area (Å²) in [5.74, 6) is 0.805. The lowest BCUT2D eigenvalue weighted by atomic mass is 9.96. The van der Waals surface area contributed by atoms with Crippen LogP contribution in [0.1, 0.15) is 37.9 Å². The molecule has 2 aromatic carbocycles. The molecule has 0 saturated heterocycles. The fourth-order valence-electron chi connectivity index (χ4n) is 4.82. The number of aryl methyl sites for hydroxylation is 1. The lowest BCUT2D eigenvalue weighted by Crippen LogP contribution is -2.27. The van der Waals surface area contributed by atoms with Crippen molar-refractivity contribution in [2.75, 3.05) is 13.3 Å². The molecule has 3 aromatic heterocycles. The number of halogens is 2. The highest BCUT2D eigenvalue weighted by atomic mass is 35.5. The number of hydrogen-bond acceptors (Lipinski definition) is 7. The maximum absolute atomic E-state index is 14.9. The third-order valence-corrected chi connectivity index (χ3v) is 8.07. The van der Waals surface area contributed by atoms with E-state index < -0.39 is 5.82 Å². The third kappa shape index (κ3) is 6.32. The molecule has 202 valence electrons. The van der Waals surface area contributed by atoms with Crippen molar-refractivity contribution in [1.29, 1.82) is 0 Å². The Morgan fingerprint density at radius 2 is 1.82 bits per heavy atom. The number of aromatic amines is 1. The molecular formula is C29H30ClFN6OS. The summed E-state index contributed by atoms with van der Waals surface area (Å²) in [7, 11) is 2.21. The van der Waals surface area contributed by atoms with Gasteiger partial charge in [-0.1, -0.05) is 42.8 Å². The van der Waals surface area contributed by atoms with Crippen LogP contribution in [0.5, 0.6) is 11.8 Å². The van der Waals surface area contributed by atoms with Crippen molar-refractivity contribution in [1.82, 2.24) is 29.2 Å². The SMILES string of the molecule is CSN(C)C1CCCCC1.Cc1nc2c(cnc3cc(F)c(-c4ccc(Oc5ncccn5)cc4Cl)cc32)[nH]1. The second-order valence-corrected chi connectivity index (χ2v) is 10.8. The molecule has 5 aromatic rings. The largest absolute Gasteiger partial charge is 0.424 e. The van der Waals surface area contributed by atoms with E-state index in [1.54, 1.807) is 48.9 Å². The third-order valence-electron chi connectivity index (χ3n) is 6.88. The molecule has 6 rings (SSSR count). The van der Waals surface area contributed by atoms with E-state index in [1.807, 2.05) is 18.9 Å². The Balaban J connectivity index is 0.000000261. The van der Waals surface area contributed by atoms with Crippen LogP contribution >= 0.6 is 23.5 Å². The Bertz CT molecular complexity index is 1580. The zero-order valence-corrected chi connectivity index (χ0v) is 23.7. The summed E-state index contributed by atoms with van der Waals surface area (Å²) in [5.41, 5.74) is 2.97. The van der Waals surface area contributed by atoms with Gasteiger partial charge in [0.05, 0.1) is 27.8 Å². The standard InChI is InChI=1S/C21H13ClFN5O.C8H17NS/c1-11-27-19-10-26-18-9-17(23)14(8-15(18)20(19)28-11)13-4-3-12(7-16(13)22)29-21-24-5-2-6-25-21;1-9(10-2)8-6-4-3-5-7-8/h2-10H,1H3,(H,27,28);8H,3-7H2,1-2H3. The summed E-state index contributed by atoms with van der Waals surface area (Å²) in [4.78, 5) is 20.0. The molecule has 0 atom stereocenters. The van der Waals surface area contributed by atoms with Gasteiger partial charge < -0.3 is 9.72 Å². The van der Waals surface area contributed by atoms with E-state index >= 15 is 0 Å². The molecule has 39 heavy (non-hydrogen) atoms. The molecule has 0 spiro atoms. The van der Waals surface area contributed by atoms with Gasteiger partial charge in [-0.2, -0.15) is 0 Å². The molecular weight excluding hydrogens is 535 g/mol. The first-order valence-corrected chi connectivity index (χ1v) is 14.4. The quantitative estimate of drug-likeness (QED) is 0.217. The van der Waals surface area contributed by atoms with Gasteiger partial charge >= 0.3 is 6.01 Å². The lowest BCUT2D eigenvalue weighted by molar-refractivity contribution is 0.306. The fraction of sp³-hybridized carbons (Fsp3) is 0.310. The predicted octanol–water partition coefficient (Wildman–Crippen LogP) is 7.99. The number of rotatable bonds is 5. The Morgan fingerprint density at radius 1 is 1.05 bits per heavy atom. The highest BCUT2D eigenvalue weighted by molar-refractivity contribution is 7.96. The molecule has 1 aliphatic carbocycles. The number of benzene rings is 2. The molecule has 1 aliphatic rings. The second-order valence-electron chi connectivity index (χ2n) is 9.49. The van der Waals surface area contributed by atoms with E-state index in [-0.39, 0.29) is 6.01 Å². The van der Waals surface area contributed by atoms with Crippen LogP contribution in [0, 0.1) is 12.7 Å². The monoisotopic (exact) mass is 564 g/mol. The van der Waals surface area contributed by atoms with Crippen LogP contribution in [0.25, 0.3) is 33.1 Å². The van der Waals surface area contributed by atoms with Crippen LogP contribution in [0.3, 0.4) is 0 Å². The van der Waals surface area contributed by atoms with Crippen LogP contribution in [-0.4, -0.2) is 48.6 Å². The number of hydrogen-bond donors (Lipinski definition) is 1. The van der Waals surface area contributed by atoms with Crippen LogP contribution in [0.2, 0.25) is 5.02 Å². The van der Waals surface area contributed by atoms with Crippen molar-refractivity contribution in [2.24, 2.45) is 0 Å². The number of H-pyrrole nitrogens is 1. The molecule has 1 saturated carbocycles. The van der Waals surface area contributed by atoms with Gasteiger partial charge in [0.2, 0.25) is 0 Å². The van der Waals surface area contributed by atoms with Gasteiger partial charge in [0.25, 0.3) is 0 Å².